The summed E-state index contributed by atoms with van der Waals surface area (Å²) in [5.41, 5.74) is 2.31. The van der Waals surface area contributed by atoms with Crippen LogP contribution in [-0.2, 0) is 0 Å². The van der Waals surface area contributed by atoms with E-state index in [0.29, 0.717) is 24.5 Å². The lowest BCUT2D eigenvalue weighted by atomic mass is 10.2. The lowest BCUT2D eigenvalue weighted by Gasteiger charge is -2.10. The van der Waals surface area contributed by atoms with Crippen molar-refractivity contribution in [1.29, 1.82) is 0 Å². The Hall–Kier alpha value is -3.54. The average Bonchev–Trinajstić information content (AvgIpc) is 2.73. The number of anilines is 2. The predicted molar refractivity (Wildman–Crippen MR) is 110 cm³/mol. The van der Waals surface area contributed by atoms with E-state index in [4.69, 9.17) is 9.47 Å². The van der Waals surface area contributed by atoms with Gasteiger partial charge in [-0.3, -0.25) is 4.79 Å². The van der Waals surface area contributed by atoms with Gasteiger partial charge in [0.2, 0.25) is 0 Å². The first-order valence-corrected chi connectivity index (χ1v) is 8.99. The zero-order chi connectivity index (χ0) is 19.8. The van der Waals surface area contributed by atoms with Gasteiger partial charge < -0.3 is 20.1 Å². The van der Waals surface area contributed by atoms with Crippen LogP contribution in [0, 0.1) is 6.92 Å². The molecule has 0 fully saturated rings. The van der Waals surface area contributed by atoms with Crippen LogP contribution in [0.4, 0.5) is 11.5 Å². The molecule has 0 atom stereocenters. The molecule has 1 heterocycles. The number of amides is 1. The SMILES string of the molecule is COc1ccc(OCCNc2ccc(C(=O)Nc3ccccc3C)cn2)cc1. The molecule has 0 bridgehead atoms. The number of aryl methyl sites for hydroxylation is 1. The Bertz CT molecular complexity index is 909. The smallest absolute Gasteiger partial charge is 0.257 e. The van der Waals surface area contributed by atoms with Gasteiger partial charge in [-0.2, -0.15) is 0 Å². The number of aromatic nitrogens is 1. The Labute approximate surface area is 164 Å². The van der Waals surface area contributed by atoms with Crippen molar-refractivity contribution in [2.75, 3.05) is 30.9 Å². The summed E-state index contributed by atoms with van der Waals surface area (Å²) in [5.74, 6) is 2.07. The molecule has 0 aliphatic rings. The monoisotopic (exact) mass is 377 g/mol. The van der Waals surface area contributed by atoms with Crippen molar-refractivity contribution in [2.24, 2.45) is 0 Å². The van der Waals surface area contributed by atoms with Gasteiger partial charge in [-0.05, 0) is 55.0 Å². The lowest BCUT2D eigenvalue weighted by molar-refractivity contribution is 0.102. The van der Waals surface area contributed by atoms with Gasteiger partial charge in [0.15, 0.2) is 0 Å². The number of carbonyl (C=O) groups excluding carboxylic acids is 1. The molecule has 3 rings (SSSR count). The molecule has 144 valence electrons. The number of para-hydroxylation sites is 1. The highest BCUT2D eigenvalue weighted by atomic mass is 16.5. The van der Waals surface area contributed by atoms with E-state index < -0.39 is 0 Å². The highest BCUT2D eigenvalue weighted by molar-refractivity contribution is 6.04. The zero-order valence-electron chi connectivity index (χ0n) is 15.9. The van der Waals surface area contributed by atoms with E-state index in [-0.39, 0.29) is 5.91 Å². The number of nitrogens with zero attached hydrogens (tertiary/aromatic N) is 1. The van der Waals surface area contributed by atoms with E-state index in [9.17, 15) is 4.79 Å². The van der Waals surface area contributed by atoms with Crippen molar-refractivity contribution in [3.8, 4) is 11.5 Å². The number of methoxy groups -OCH3 is 1. The minimum atomic E-state index is -0.184. The number of rotatable bonds is 8. The van der Waals surface area contributed by atoms with Crippen LogP contribution in [0.5, 0.6) is 11.5 Å². The van der Waals surface area contributed by atoms with E-state index in [1.165, 1.54) is 0 Å². The fourth-order valence-electron chi connectivity index (χ4n) is 2.56. The summed E-state index contributed by atoms with van der Waals surface area (Å²) in [4.78, 5) is 16.6. The maximum absolute atomic E-state index is 12.3. The molecule has 28 heavy (non-hydrogen) atoms. The minimum Gasteiger partial charge on any atom is -0.497 e. The third-order valence-electron chi connectivity index (χ3n) is 4.16. The third-order valence-corrected chi connectivity index (χ3v) is 4.16. The predicted octanol–water partition coefficient (Wildman–Crippen LogP) is 4.14. The summed E-state index contributed by atoms with van der Waals surface area (Å²) in [5, 5.41) is 6.07. The molecule has 2 aromatic carbocycles. The summed E-state index contributed by atoms with van der Waals surface area (Å²) in [7, 11) is 1.63. The van der Waals surface area contributed by atoms with Gasteiger partial charge in [0, 0.05) is 11.9 Å². The molecule has 0 aliphatic carbocycles. The summed E-state index contributed by atoms with van der Waals surface area (Å²) < 4.78 is 10.8. The van der Waals surface area contributed by atoms with Gasteiger partial charge in [-0.1, -0.05) is 18.2 Å². The topological polar surface area (TPSA) is 72.5 Å². The second kappa shape index (κ2) is 9.41. The highest BCUT2D eigenvalue weighted by Crippen LogP contribution is 2.17. The second-order valence-electron chi connectivity index (χ2n) is 6.15. The Morgan fingerprint density at radius 1 is 1.00 bits per heavy atom. The van der Waals surface area contributed by atoms with Gasteiger partial charge in [0.1, 0.15) is 23.9 Å². The first-order chi connectivity index (χ1) is 13.7. The van der Waals surface area contributed by atoms with Crippen LogP contribution in [0.3, 0.4) is 0 Å². The molecule has 6 nitrogen and oxygen atoms in total. The van der Waals surface area contributed by atoms with Crippen molar-refractivity contribution in [3.63, 3.8) is 0 Å². The first-order valence-electron chi connectivity index (χ1n) is 8.99. The Morgan fingerprint density at radius 3 is 2.43 bits per heavy atom. The van der Waals surface area contributed by atoms with E-state index in [1.807, 2.05) is 55.5 Å². The molecule has 0 radical (unpaired) electrons. The number of benzene rings is 2. The molecule has 0 spiro atoms. The number of pyridine rings is 1. The van der Waals surface area contributed by atoms with Crippen molar-refractivity contribution in [1.82, 2.24) is 4.98 Å². The van der Waals surface area contributed by atoms with Gasteiger partial charge in [-0.15, -0.1) is 0 Å². The quantitative estimate of drug-likeness (QED) is 0.577. The number of carbonyl (C=O) groups is 1. The van der Waals surface area contributed by atoms with Crippen molar-refractivity contribution in [3.05, 3.63) is 78.0 Å². The lowest BCUT2D eigenvalue weighted by Crippen LogP contribution is -2.14. The van der Waals surface area contributed by atoms with Crippen LogP contribution in [0.25, 0.3) is 0 Å². The van der Waals surface area contributed by atoms with Crippen LogP contribution in [0.2, 0.25) is 0 Å². The van der Waals surface area contributed by atoms with Gasteiger partial charge in [-0.25, -0.2) is 4.98 Å². The van der Waals surface area contributed by atoms with Crippen LogP contribution in [-0.4, -0.2) is 31.2 Å². The minimum absolute atomic E-state index is 0.184. The van der Waals surface area contributed by atoms with Crippen LogP contribution >= 0.6 is 0 Å². The van der Waals surface area contributed by atoms with Crippen molar-refractivity contribution < 1.29 is 14.3 Å². The largest absolute Gasteiger partial charge is 0.497 e. The molecule has 1 amide bonds. The molecule has 1 aromatic heterocycles. The highest BCUT2D eigenvalue weighted by Gasteiger charge is 2.08. The van der Waals surface area contributed by atoms with Gasteiger partial charge in [0.25, 0.3) is 5.91 Å². The summed E-state index contributed by atoms with van der Waals surface area (Å²) in [6, 6.07) is 18.6. The van der Waals surface area contributed by atoms with E-state index in [1.54, 1.807) is 25.4 Å². The van der Waals surface area contributed by atoms with E-state index in [2.05, 4.69) is 15.6 Å². The normalized spacial score (nSPS) is 10.2. The average molecular weight is 377 g/mol. The number of ether oxygens (including phenoxy) is 2. The number of hydrogen-bond acceptors (Lipinski definition) is 5. The fourth-order valence-corrected chi connectivity index (χ4v) is 2.56. The summed E-state index contributed by atoms with van der Waals surface area (Å²) >= 11 is 0. The van der Waals surface area contributed by atoms with Gasteiger partial charge in [0.05, 0.1) is 19.2 Å². The van der Waals surface area contributed by atoms with Crippen LogP contribution in [0.15, 0.2) is 66.9 Å². The summed E-state index contributed by atoms with van der Waals surface area (Å²) in [6.45, 7) is 3.03. The summed E-state index contributed by atoms with van der Waals surface area (Å²) in [6.07, 6.45) is 1.56. The second-order valence-corrected chi connectivity index (χ2v) is 6.15. The number of nitrogens with one attached hydrogen (secondary N) is 2. The van der Waals surface area contributed by atoms with E-state index >= 15 is 0 Å². The molecule has 6 heteroatoms. The van der Waals surface area contributed by atoms with Gasteiger partial charge >= 0.3 is 0 Å². The van der Waals surface area contributed by atoms with Crippen molar-refractivity contribution >= 4 is 17.4 Å². The molecule has 0 saturated heterocycles. The molecule has 0 saturated carbocycles. The standard InChI is InChI=1S/C22H23N3O3/c1-16-5-3-4-6-20(16)25-22(26)17-7-12-21(24-15-17)23-13-14-28-19-10-8-18(27-2)9-11-19/h3-12,15H,13-14H2,1-2H3,(H,23,24)(H,25,26). The van der Waals surface area contributed by atoms with Crippen molar-refractivity contribution in [2.45, 2.75) is 6.92 Å². The third kappa shape index (κ3) is 5.23. The Kier molecular flexibility index (Phi) is 6.46. The molecule has 0 unspecified atom stereocenters. The molecule has 2 N–H and O–H groups in total. The van der Waals surface area contributed by atoms with Crippen LogP contribution in [0.1, 0.15) is 15.9 Å². The zero-order valence-corrected chi connectivity index (χ0v) is 15.9. The maximum atomic E-state index is 12.3. The molecular weight excluding hydrogens is 354 g/mol. The Morgan fingerprint density at radius 2 is 1.75 bits per heavy atom. The number of hydrogen-bond donors (Lipinski definition) is 2. The molecular formula is C22H23N3O3. The maximum Gasteiger partial charge on any atom is 0.257 e. The first kappa shape index (κ1) is 19.2. The molecule has 0 aliphatic heterocycles. The Balaban J connectivity index is 1.46. The van der Waals surface area contributed by atoms with E-state index in [0.717, 1.165) is 22.7 Å². The molecule has 3 aromatic rings. The van der Waals surface area contributed by atoms with Crippen LogP contribution < -0.4 is 20.1 Å². The fraction of sp³-hybridized carbons (Fsp3) is 0.182.